The number of nitrogens with two attached hydrogens (primary N) is 1. The van der Waals surface area contributed by atoms with Crippen LogP contribution in [0.4, 0.5) is 0 Å². The maximum atomic E-state index is 5.77. The highest BCUT2D eigenvalue weighted by Gasteiger charge is 2.23. The second-order valence-corrected chi connectivity index (χ2v) is 6.36. The minimum atomic E-state index is -0.272. The minimum absolute atomic E-state index is 0.272. The van der Waals surface area contributed by atoms with Gasteiger partial charge in [-0.2, -0.15) is 5.10 Å². The summed E-state index contributed by atoms with van der Waals surface area (Å²) in [7, 11) is 1.87. The molecule has 2 heterocycles. The molecule has 0 aliphatic rings. The number of fused-ring (bicyclic) bond motifs is 1. The average molecular weight is 411 g/mol. The Morgan fingerprint density at radius 3 is 2.67 bits per heavy atom. The van der Waals surface area contributed by atoms with Gasteiger partial charge in [0.2, 0.25) is 0 Å². The predicted octanol–water partition coefficient (Wildman–Crippen LogP) is 3.05. The van der Waals surface area contributed by atoms with Crippen LogP contribution in [0.25, 0.3) is 10.9 Å². The monoisotopic (exact) mass is 409 g/mol. The highest BCUT2D eigenvalue weighted by Crippen LogP contribution is 2.32. The van der Waals surface area contributed by atoms with E-state index in [0.717, 1.165) is 31.2 Å². The van der Waals surface area contributed by atoms with E-state index in [9.17, 15) is 0 Å². The van der Waals surface area contributed by atoms with Gasteiger partial charge in [-0.05, 0) is 44.0 Å². The van der Waals surface area contributed by atoms with Gasteiger partial charge >= 0.3 is 0 Å². The molecule has 0 saturated heterocycles. The summed E-state index contributed by atoms with van der Waals surface area (Å²) < 4.78 is 3.56. The highest BCUT2D eigenvalue weighted by molar-refractivity contribution is 9.10. The number of para-hydroxylation sites is 1. The number of benzene rings is 1. The molecule has 3 rings (SSSR count). The number of hydrogen-bond donors (Lipinski definition) is 2. The smallest absolute Gasteiger partial charge is 0.107 e. The van der Waals surface area contributed by atoms with Gasteiger partial charge in [0.1, 0.15) is 6.04 Å². The van der Waals surface area contributed by atoms with Crippen molar-refractivity contribution in [2.24, 2.45) is 12.9 Å². The SMILES string of the molecule is Cn1ncc(Br)c1C(NN)c1nc2ccccc2cc1Br. The fourth-order valence-electron chi connectivity index (χ4n) is 2.34. The minimum Gasteiger partial charge on any atom is -0.270 e. The van der Waals surface area contributed by atoms with Gasteiger partial charge in [0.15, 0.2) is 0 Å². The molecular weight excluding hydrogens is 398 g/mol. The molecule has 5 nitrogen and oxygen atoms in total. The van der Waals surface area contributed by atoms with Crippen LogP contribution in [0.5, 0.6) is 0 Å². The number of nitrogens with one attached hydrogen (secondary N) is 1. The predicted molar refractivity (Wildman–Crippen MR) is 89.5 cm³/mol. The first kappa shape index (κ1) is 14.6. The number of rotatable bonds is 3. The number of aromatic nitrogens is 3. The zero-order chi connectivity index (χ0) is 15.0. The quantitative estimate of drug-likeness (QED) is 0.514. The van der Waals surface area contributed by atoms with Crippen LogP contribution in [0.1, 0.15) is 17.4 Å². The molecule has 0 amide bonds. The number of halogens is 2. The highest BCUT2D eigenvalue weighted by atomic mass is 79.9. The van der Waals surface area contributed by atoms with E-state index >= 15 is 0 Å². The van der Waals surface area contributed by atoms with Gasteiger partial charge in [0.05, 0.1) is 27.6 Å². The van der Waals surface area contributed by atoms with Crippen LogP contribution in [0.2, 0.25) is 0 Å². The van der Waals surface area contributed by atoms with Crippen molar-refractivity contribution in [3.8, 4) is 0 Å². The Morgan fingerprint density at radius 1 is 1.24 bits per heavy atom. The third-order valence-electron chi connectivity index (χ3n) is 3.36. The van der Waals surface area contributed by atoms with Crippen molar-refractivity contribution < 1.29 is 0 Å². The lowest BCUT2D eigenvalue weighted by molar-refractivity contribution is 0.561. The van der Waals surface area contributed by atoms with E-state index in [0.29, 0.717) is 0 Å². The molecule has 3 aromatic rings. The molecule has 7 heteroatoms. The van der Waals surface area contributed by atoms with E-state index in [4.69, 9.17) is 10.8 Å². The molecule has 21 heavy (non-hydrogen) atoms. The summed E-state index contributed by atoms with van der Waals surface area (Å²) in [6.45, 7) is 0. The Bertz CT molecular complexity index is 780. The van der Waals surface area contributed by atoms with Crippen LogP contribution in [-0.4, -0.2) is 14.8 Å². The first-order valence-corrected chi connectivity index (χ1v) is 7.89. The third-order valence-corrected chi connectivity index (χ3v) is 4.60. The Balaban J connectivity index is 2.19. The topological polar surface area (TPSA) is 68.8 Å². The van der Waals surface area contributed by atoms with Gasteiger partial charge in [-0.3, -0.25) is 10.5 Å². The second-order valence-electron chi connectivity index (χ2n) is 4.65. The summed E-state index contributed by atoms with van der Waals surface area (Å²) in [6.07, 6.45) is 1.74. The normalized spacial score (nSPS) is 12.8. The molecule has 0 bridgehead atoms. The molecule has 0 spiro atoms. The van der Waals surface area contributed by atoms with E-state index in [1.54, 1.807) is 10.9 Å². The largest absolute Gasteiger partial charge is 0.270 e. The molecule has 1 aromatic carbocycles. The van der Waals surface area contributed by atoms with Crippen molar-refractivity contribution in [2.75, 3.05) is 0 Å². The zero-order valence-corrected chi connectivity index (χ0v) is 14.4. The number of nitrogens with zero attached hydrogens (tertiary/aromatic N) is 3. The van der Waals surface area contributed by atoms with Gasteiger partial charge in [-0.25, -0.2) is 10.4 Å². The van der Waals surface area contributed by atoms with Gasteiger partial charge in [0, 0.05) is 16.9 Å². The molecular formula is C14H13Br2N5. The lowest BCUT2D eigenvalue weighted by atomic mass is 10.1. The molecule has 1 atom stereocenters. The lowest BCUT2D eigenvalue weighted by Crippen LogP contribution is -2.31. The van der Waals surface area contributed by atoms with Gasteiger partial charge in [-0.15, -0.1) is 0 Å². The van der Waals surface area contributed by atoms with Gasteiger partial charge < -0.3 is 0 Å². The second kappa shape index (κ2) is 5.84. The van der Waals surface area contributed by atoms with Gasteiger partial charge in [0.25, 0.3) is 0 Å². The van der Waals surface area contributed by atoms with Crippen molar-refractivity contribution in [1.82, 2.24) is 20.2 Å². The van der Waals surface area contributed by atoms with Crippen molar-refractivity contribution in [1.29, 1.82) is 0 Å². The van der Waals surface area contributed by atoms with E-state index < -0.39 is 0 Å². The molecule has 0 radical (unpaired) electrons. The number of hydrogen-bond acceptors (Lipinski definition) is 4. The summed E-state index contributed by atoms with van der Waals surface area (Å²) in [5.74, 6) is 5.77. The van der Waals surface area contributed by atoms with Crippen LogP contribution >= 0.6 is 31.9 Å². The molecule has 2 aromatic heterocycles. The molecule has 108 valence electrons. The zero-order valence-electron chi connectivity index (χ0n) is 11.2. The number of hydrazine groups is 1. The molecule has 0 saturated carbocycles. The average Bonchev–Trinajstić information content (AvgIpc) is 2.81. The van der Waals surface area contributed by atoms with E-state index in [1.807, 2.05) is 37.4 Å². The fourth-order valence-corrected chi connectivity index (χ4v) is 3.48. The van der Waals surface area contributed by atoms with Crippen molar-refractivity contribution >= 4 is 42.8 Å². The third kappa shape index (κ3) is 2.62. The molecule has 0 fully saturated rings. The van der Waals surface area contributed by atoms with Crippen molar-refractivity contribution in [3.05, 3.63) is 56.9 Å². The van der Waals surface area contributed by atoms with Gasteiger partial charge in [-0.1, -0.05) is 18.2 Å². The summed E-state index contributed by atoms with van der Waals surface area (Å²) in [5.41, 5.74) is 5.49. The van der Waals surface area contributed by atoms with Crippen LogP contribution in [0.3, 0.4) is 0 Å². The van der Waals surface area contributed by atoms with E-state index in [2.05, 4.69) is 42.4 Å². The Morgan fingerprint density at radius 2 is 2.00 bits per heavy atom. The molecule has 0 aliphatic carbocycles. The molecule has 3 N–H and O–H groups in total. The van der Waals surface area contributed by atoms with E-state index in [-0.39, 0.29) is 6.04 Å². The first-order chi connectivity index (χ1) is 10.1. The fraction of sp³-hybridized carbons (Fsp3) is 0.143. The summed E-state index contributed by atoms with van der Waals surface area (Å²) in [4.78, 5) is 4.73. The standard InChI is InChI=1S/C14H13Br2N5/c1-21-14(10(16)7-18-21)13(20-17)12-9(15)6-8-4-2-3-5-11(8)19-12/h2-7,13,20H,17H2,1H3. The molecule has 1 unspecified atom stereocenters. The summed E-state index contributed by atoms with van der Waals surface area (Å²) in [5, 5.41) is 5.31. The van der Waals surface area contributed by atoms with Crippen LogP contribution in [0.15, 0.2) is 45.5 Å². The summed E-state index contributed by atoms with van der Waals surface area (Å²) in [6, 6.07) is 9.75. The molecule has 0 aliphatic heterocycles. The number of pyridine rings is 1. The van der Waals surface area contributed by atoms with Crippen LogP contribution in [0, 0.1) is 0 Å². The van der Waals surface area contributed by atoms with Crippen LogP contribution < -0.4 is 11.3 Å². The maximum Gasteiger partial charge on any atom is 0.107 e. The summed E-state index contributed by atoms with van der Waals surface area (Å²) >= 11 is 7.10. The van der Waals surface area contributed by atoms with Crippen LogP contribution in [-0.2, 0) is 7.05 Å². The Kier molecular flexibility index (Phi) is 4.08. The van der Waals surface area contributed by atoms with Crippen molar-refractivity contribution in [2.45, 2.75) is 6.04 Å². The Hall–Kier alpha value is -1.28. The lowest BCUT2D eigenvalue weighted by Gasteiger charge is -2.18. The van der Waals surface area contributed by atoms with Crippen molar-refractivity contribution in [3.63, 3.8) is 0 Å². The Labute approximate surface area is 138 Å². The van der Waals surface area contributed by atoms with E-state index in [1.165, 1.54) is 0 Å². The maximum absolute atomic E-state index is 5.77. The first-order valence-electron chi connectivity index (χ1n) is 6.30. The number of aryl methyl sites for hydroxylation is 1.